The highest BCUT2D eigenvalue weighted by atomic mass is 19.1. The second-order valence-corrected chi connectivity index (χ2v) is 6.79. The summed E-state index contributed by atoms with van der Waals surface area (Å²) in [6.45, 7) is 1.43. The Morgan fingerprint density at radius 1 is 1.25 bits per heavy atom. The van der Waals surface area contributed by atoms with Crippen molar-refractivity contribution in [2.75, 3.05) is 13.1 Å². The van der Waals surface area contributed by atoms with Crippen molar-refractivity contribution < 1.29 is 13.6 Å². The molecule has 1 aliphatic heterocycles. The molecule has 4 rings (SSSR count). The van der Waals surface area contributed by atoms with Crippen LogP contribution in [-0.4, -0.2) is 53.4 Å². The molecule has 0 atom stereocenters. The third kappa shape index (κ3) is 3.49. The van der Waals surface area contributed by atoms with Crippen molar-refractivity contribution in [1.29, 1.82) is 0 Å². The molecular formula is C18H19F2N7O. The zero-order valence-electron chi connectivity index (χ0n) is 15.3. The molecule has 0 radical (unpaired) electrons. The van der Waals surface area contributed by atoms with Crippen LogP contribution in [0.25, 0.3) is 0 Å². The van der Waals surface area contributed by atoms with Gasteiger partial charge in [-0.05, 0) is 18.9 Å². The van der Waals surface area contributed by atoms with Crippen LogP contribution in [0.3, 0.4) is 0 Å². The summed E-state index contributed by atoms with van der Waals surface area (Å²) in [6.07, 6.45) is 5.79. The summed E-state index contributed by atoms with van der Waals surface area (Å²) < 4.78 is 30.6. The molecule has 0 aliphatic carbocycles. The second kappa shape index (κ2) is 7.45. The third-order valence-electron chi connectivity index (χ3n) is 5.02. The van der Waals surface area contributed by atoms with Crippen LogP contribution in [0.4, 0.5) is 8.78 Å². The molecule has 3 aromatic rings. The molecule has 10 heteroatoms. The highest BCUT2D eigenvalue weighted by Crippen LogP contribution is 2.27. The number of aromatic nitrogens is 6. The first-order valence-corrected chi connectivity index (χ1v) is 8.99. The molecule has 0 spiro atoms. The van der Waals surface area contributed by atoms with Crippen LogP contribution in [0.2, 0.25) is 0 Å². The number of rotatable bonds is 4. The lowest BCUT2D eigenvalue weighted by molar-refractivity contribution is 0.0699. The first-order chi connectivity index (χ1) is 13.5. The lowest BCUT2D eigenvalue weighted by Gasteiger charge is -2.31. The van der Waals surface area contributed by atoms with Gasteiger partial charge in [0.2, 0.25) is 0 Å². The number of nitrogens with zero attached hydrogens (tertiary/aromatic N) is 7. The SMILES string of the molecule is Cn1c(Cn2cccn2)nnc1C1CCN(C(=O)c2ncc(F)cc2F)CC1. The molecule has 1 aliphatic rings. The van der Waals surface area contributed by atoms with Crippen LogP contribution < -0.4 is 0 Å². The Hall–Kier alpha value is -3.17. The van der Waals surface area contributed by atoms with E-state index in [4.69, 9.17) is 0 Å². The molecule has 1 saturated heterocycles. The van der Waals surface area contributed by atoms with Crippen LogP contribution in [0.5, 0.6) is 0 Å². The van der Waals surface area contributed by atoms with E-state index in [0.29, 0.717) is 38.5 Å². The van der Waals surface area contributed by atoms with Gasteiger partial charge >= 0.3 is 0 Å². The van der Waals surface area contributed by atoms with Crippen molar-refractivity contribution in [3.63, 3.8) is 0 Å². The number of piperidine rings is 1. The zero-order valence-corrected chi connectivity index (χ0v) is 15.3. The maximum atomic E-state index is 13.8. The van der Waals surface area contributed by atoms with E-state index >= 15 is 0 Å². The Labute approximate surface area is 159 Å². The molecule has 0 saturated carbocycles. The van der Waals surface area contributed by atoms with E-state index < -0.39 is 17.5 Å². The average Bonchev–Trinajstić information content (AvgIpc) is 3.32. The lowest BCUT2D eigenvalue weighted by atomic mass is 9.95. The van der Waals surface area contributed by atoms with Gasteiger partial charge in [-0.25, -0.2) is 13.8 Å². The Kier molecular flexibility index (Phi) is 4.84. The van der Waals surface area contributed by atoms with Gasteiger partial charge in [-0.3, -0.25) is 9.48 Å². The summed E-state index contributed by atoms with van der Waals surface area (Å²) in [6, 6.07) is 2.52. The lowest BCUT2D eigenvalue weighted by Crippen LogP contribution is -2.39. The fraction of sp³-hybridized carbons (Fsp3) is 0.389. The number of hydrogen-bond donors (Lipinski definition) is 0. The number of amides is 1. The van der Waals surface area contributed by atoms with Crippen molar-refractivity contribution in [2.24, 2.45) is 7.05 Å². The van der Waals surface area contributed by atoms with Crippen LogP contribution >= 0.6 is 0 Å². The van der Waals surface area contributed by atoms with Crippen LogP contribution in [0.15, 0.2) is 30.7 Å². The maximum absolute atomic E-state index is 13.8. The Bertz CT molecular complexity index is 978. The Morgan fingerprint density at radius 3 is 2.71 bits per heavy atom. The maximum Gasteiger partial charge on any atom is 0.275 e. The standard InChI is InChI=1S/C18H19F2N7O/c1-25-15(11-27-6-2-5-22-27)23-24-17(25)12-3-7-26(8-4-12)18(28)16-14(20)9-13(19)10-21-16/h2,5-6,9-10,12H,3-4,7-8,11H2,1H3. The topological polar surface area (TPSA) is 81.7 Å². The van der Waals surface area contributed by atoms with Crippen LogP contribution in [0.1, 0.15) is 40.9 Å². The van der Waals surface area contributed by atoms with E-state index in [1.165, 1.54) is 0 Å². The monoisotopic (exact) mass is 387 g/mol. The summed E-state index contributed by atoms with van der Waals surface area (Å²) in [4.78, 5) is 17.6. The number of carbonyl (C=O) groups is 1. The van der Waals surface area contributed by atoms with Gasteiger partial charge in [0, 0.05) is 44.5 Å². The van der Waals surface area contributed by atoms with Crippen molar-refractivity contribution in [2.45, 2.75) is 25.3 Å². The summed E-state index contributed by atoms with van der Waals surface area (Å²) in [7, 11) is 1.92. The van der Waals surface area contributed by atoms with Crippen LogP contribution in [-0.2, 0) is 13.6 Å². The van der Waals surface area contributed by atoms with Crippen LogP contribution in [0, 0.1) is 11.6 Å². The zero-order chi connectivity index (χ0) is 19.7. The van der Waals surface area contributed by atoms with E-state index in [1.807, 2.05) is 23.9 Å². The number of halogens is 2. The van der Waals surface area contributed by atoms with Gasteiger partial charge < -0.3 is 9.47 Å². The number of likely N-dealkylation sites (tertiary alicyclic amines) is 1. The van der Waals surface area contributed by atoms with Crippen molar-refractivity contribution in [3.05, 3.63) is 59.7 Å². The number of hydrogen-bond acceptors (Lipinski definition) is 5. The smallest absolute Gasteiger partial charge is 0.275 e. The van der Waals surface area contributed by atoms with E-state index in [0.717, 1.165) is 17.8 Å². The highest BCUT2D eigenvalue weighted by Gasteiger charge is 2.29. The molecule has 0 aromatic carbocycles. The molecule has 28 heavy (non-hydrogen) atoms. The molecule has 3 aromatic heterocycles. The van der Waals surface area contributed by atoms with Gasteiger partial charge in [0.15, 0.2) is 17.3 Å². The minimum Gasteiger partial charge on any atom is -0.337 e. The van der Waals surface area contributed by atoms with Gasteiger partial charge in [-0.2, -0.15) is 5.10 Å². The largest absolute Gasteiger partial charge is 0.337 e. The minimum atomic E-state index is -0.941. The van der Waals surface area contributed by atoms with Gasteiger partial charge in [0.05, 0.1) is 6.20 Å². The second-order valence-electron chi connectivity index (χ2n) is 6.79. The Morgan fingerprint density at radius 2 is 2.04 bits per heavy atom. The van der Waals surface area contributed by atoms with E-state index in [9.17, 15) is 13.6 Å². The number of pyridine rings is 1. The molecule has 4 heterocycles. The van der Waals surface area contributed by atoms with Gasteiger partial charge in [-0.15, -0.1) is 10.2 Å². The molecule has 146 valence electrons. The molecule has 0 unspecified atom stereocenters. The average molecular weight is 387 g/mol. The van der Waals surface area contributed by atoms with E-state index in [2.05, 4.69) is 20.3 Å². The molecule has 0 bridgehead atoms. The van der Waals surface area contributed by atoms with Gasteiger partial charge in [0.1, 0.15) is 18.2 Å². The molecule has 8 nitrogen and oxygen atoms in total. The van der Waals surface area contributed by atoms with Crippen molar-refractivity contribution in [3.8, 4) is 0 Å². The third-order valence-corrected chi connectivity index (χ3v) is 5.02. The number of carbonyl (C=O) groups excluding carboxylic acids is 1. The first kappa shape index (κ1) is 18.2. The van der Waals surface area contributed by atoms with Crippen molar-refractivity contribution >= 4 is 5.91 Å². The molecule has 1 amide bonds. The molecule has 0 N–H and O–H groups in total. The normalized spacial score (nSPS) is 15.2. The predicted molar refractivity (Wildman–Crippen MR) is 94.4 cm³/mol. The predicted octanol–water partition coefficient (Wildman–Crippen LogP) is 1.75. The molecular weight excluding hydrogens is 368 g/mol. The van der Waals surface area contributed by atoms with Gasteiger partial charge in [0.25, 0.3) is 5.91 Å². The highest BCUT2D eigenvalue weighted by molar-refractivity contribution is 5.92. The first-order valence-electron chi connectivity index (χ1n) is 8.99. The van der Waals surface area contributed by atoms with Gasteiger partial charge in [-0.1, -0.05) is 0 Å². The quantitative estimate of drug-likeness (QED) is 0.681. The summed E-state index contributed by atoms with van der Waals surface area (Å²) >= 11 is 0. The summed E-state index contributed by atoms with van der Waals surface area (Å²) in [5, 5.41) is 12.8. The fourth-order valence-electron chi connectivity index (χ4n) is 3.47. The van der Waals surface area contributed by atoms with E-state index in [1.54, 1.807) is 15.8 Å². The Balaban J connectivity index is 1.41. The minimum absolute atomic E-state index is 0.152. The summed E-state index contributed by atoms with van der Waals surface area (Å²) in [5.41, 5.74) is -0.347. The van der Waals surface area contributed by atoms with E-state index in [-0.39, 0.29) is 11.6 Å². The summed E-state index contributed by atoms with van der Waals surface area (Å²) in [5.74, 6) is -0.452. The molecule has 1 fully saturated rings. The fourth-order valence-corrected chi connectivity index (χ4v) is 3.47. The van der Waals surface area contributed by atoms with Crippen molar-refractivity contribution in [1.82, 2.24) is 34.4 Å².